The standard InChI is InChI=1S/C16H20O/c1-12(2)14-9-7-10-15(13(3)4)16(14)8-5-6-11-17/h7,9-13H,6H2,1-4H3. The second kappa shape index (κ2) is 6.25. The van der Waals surface area contributed by atoms with E-state index in [0.29, 0.717) is 18.3 Å². The van der Waals surface area contributed by atoms with Crippen LogP contribution in [-0.4, -0.2) is 6.29 Å². The molecule has 0 saturated carbocycles. The average molecular weight is 228 g/mol. The van der Waals surface area contributed by atoms with Crippen LogP contribution in [0.15, 0.2) is 18.2 Å². The molecule has 0 saturated heterocycles. The van der Waals surface area contributed by atoms with Gasteiger partial charge in [-0.2, -0.15) is 0 Å². The van der Waals surface area contributed by atoms with Crippen LogP contribution >= 0.6 is 0 Å². The molecule has 1 rings (SSSR count). The van der Waals surface area contributed by atoms with E-state index in [0.717, 1.165) is 11.8 Å². The van der Waals surface area contributed by atoms with E-state index in [1.54, 1.807) is 0 Å². The lowest BCUT2D eigenvalue weighted by Crippen LogP contribution is -2.00. The first-order chi connectivity index (χ1) is 8.07. The van der Waals surface area contributed by atoms with Gasteiger partial charge in [0.15, 0.2) is 0 Å². The largest absolute Gasteiger partial charge is 0.302 e. The van der Waals surface area contributed by atoms with Gasteiger partial charge in [0.05, 0.1) is 6.42 Å². The molecule has 0 aromatic heterocycles. The van der Waals surface area contributed by atoms with Crippen LogP contribution in [0.5, 0.6) is 0 Å². The molecule has 0 heterocycles. The van der Waals surface area contributed by atoms with Crippen molar-refractivity contribution in [3.8, 4) is 11.8 Å². The molecule has 1 aromatic carbocycles. The van der Waals surface area contributed by atoms with Gasteiger partial charge < -0.3 is 4.79 Å². The summed E-state index contributed by atoms with van der Waals surface area (Å²) in [6.07, 6.45) is 1.16. The molecule has 0 aliphatic rings. The molecule has 0 amide bonds. The minimum atomic E-state index is 0.309. The third-order valence-electron chi connectivity index (χ3n) is 2.77. The van der Waals surface area contributed by atoms with Gasteiger partial charge in [-0.15, -0.1) is 0 Å². The van der Waals surface area contributed by atoms with Crippen molar-refractivity contribution < 1.29 is 4.79 Å². The maximum absolute atomic E-state index is 10.3. The molecule has 1 nitrogen and oxygen atoms in total. The van der Waals surface area contributed by atoms with Gasteiger partial charge in [-0.1, -0.05) is 57.7 Å². The van der Waals surface area contributed by atoms with Crippen molar-refractivity contribution >= 4 is 6.29 Å². The van der Waals surface area contributed by atoms with Gasteiger partial charge in [-0.05, 0) is 23.0 Å². The highest BCUT2D eigenvalue weighted by Crippen LogP contribution is 2.26. The first-order valence-electron chi connectivity index (χ1n) is 6.13. The lowest BCUT2D eigenvalue weighted by Gasteiger charge is -2.15. The number of rotatable bonds is 3. The van der Waals surface area contributed by atoms with E-state index in [9.17, 15) is 4.79 Å². The zero-order chi connectivity index (χ0) is 12.8. The molecule has 0 atom stereocenters. The topological polar surface area (TPSA) is 17.1 Å². The molecule has 17 heavy (non-hydrogen) atoms. The van der Waals surface area contributed by atoms with Crippen molar-refractivity contribution in [3.05, 3.63) is 34.9 Å². The van der Waals surface area contributed by atoms with Gasteiger partial charge in [-0.25, -0.2) is 0 Å². The van der Waals surface area contributed by atoms with Crippen molar-refractivity contribution in [2.24, 2.45) is 0 Å². The third-order valence-corrected chi connectivity index (χ3v) is 2.77. The summed E-state index contributed by atoms with van der Waals surface area (Å²) in [5, 5.41) is 0. The summed E-state index contributed by atoms with van der Waals surface area (Å²) >= 11 is 0. The van der Waals surface area contributed by atoms with Gasteiger partial charge in [0.2, 0.25) is 0 Å². The van der Waals surface area contributed by atoms with E-state index in [-0.39, 0.29) is 0 Å². The van der Waals surface area contributed by atoms with Gasteiger partial charge in [0, 0.05) is 5.56 Å². The molecule has 0 spiro atoms. The lowest BCUT2D eigenvalue weighted by atomic mass is 9.89. The number of benzene rings is 1. The summed E-state index contributed by atoms with van der Waals surface area (Å²) in [6, 6.07) is 6.35. The summed E-state index contributed by atoms with van der Waals surface area (Å²) in [6.45, 7) is 8.68. The van der Waals surface area contributed by atoms with E-state index in [2.05, 4.69) is 57.7 Å². The predicted octanol–water partition coefficient (Wildman–Crippen LogP) is 3.87. The quantitative estimate of drug-likeness (QED) is 0.567. The summed E-state index contributed by atoms with van der Waals surface area (Å²) in [5.74, 6) is 6.99. The van der Waals surface area contributed by atoms with Crippen molar-refractivity contribution in [1.29, 1.82) is 0 Å². The van der Waals surface area contributed by atoms with Gasteiger partial charge in [0.25, 0.3) is 0 Å². The Hall–Kier alpha value is -1.55. The minimum absolute atomic E-state index is 0.309. The van der Waals surface area contributed by atoms with Crippen molar-refractivity contribution in [1.82, 2.24) is 0 Å². The molecule has 0 N–H and O–H groups in total. The Balaban J connectivity index is 3.29. The fourth-order valence-corrected chi connectivity index (χ4v) is 1.88. The van der Waals surface area contributed by atoms with Gasteiger partial charge in [-0.3, -0.25) is 0 Å². The van der Waals surface area contributed by atoms with Crippen molar-refractivity contribution in [3.63, 3.8) is 0 Å². The van der Waals surface area contributed by atoms with E-state index in [4.69, 9.17) is 0 Å². The average Bonchev–Trinajstić information content (AvgIpc) is 2.28. The number of carbonyl (C=O) groups is 1. The molecule has 1 heteroatoms. The summed E-state index contributed by atoms with van der Waals surface area (Å²) in [7, 11) is 0. The zero-order valence-electron chi connectivity index (χ0n) is 11.1. The maximum atomic E-state index is 10.3. The Morgan fingerprint density at radius 3 is 2.06 bits per heavy atom. The van der Waals surface area contributed by atoms with Crippen LogP contribution in [0.2, 0.25) is 0 Å². The molecule has 0 unspecified atom stereocenters. The van der Waals surface area contributed by atoms with Crippen LogP contribution in [-0.2, 0) is 4.79 Å². The predicted molar refractivity (Wildman–Crippen MR) is 72.2 cm³/mol. The van der Waals surface area contributed by atoms with Crippen LogP contribution in [0.4, 0.5) is 0 Å². The molecule has 0 bridgehead atoms. The Morgan fingerprint density at radius 2 is 1.65 bits per heavy atom. The van der Waals surface area contributed by atoms with E-state index in [1.807, 2.05) is 0 Å². The fraction of sp³-hybridized carbons (Fsp3) is 0.438. The molecule has 0 aliphatic carbocycles. The van der Waals surface area contributed by atoms with Gasteiger partial charge in [0.1, 0.15) is 6.29 Å². The smallest absolute Gasteiger partial charge is 0.131 e. The Morgan fingerprint density at radius 1 is 1.12 bits per heavy atom. The lowest BCUT2D eigenvalue weighted by molar-refractivity contribution is -0.107. The molecule has 1 aromatic rings. The second-order valence-corrected chi connectivity index (χ2v) is 4.79. The molecular weight excluding hydrogens is 208 g/mol. The number of hydrogen-bond acceptors (Lipinski definition) is 1. The Labute approximate surface area is 104 Å². The van der Waals surface area contributed by atoms with Crippen molar-refractivity contribution in [2.75, 3.05) is 0 Å². The molecule has 0 radical (unpaired) electrons. The van der Waals surface area contributed by atoms with Crippen LogP contribution in [0.3, 0.4) is 0 Å². The third kappa shape index (κ3) is 3.46. The fourth-order valence-electron chi connectivity index (χ4n) is 1.88. The van der Waals surface area contributed by atoms with Crippen LogP contribution in [0.25, 0.3) is 0 Å². The van der Waals surface area contributed by atoms with Crippen LogP contribution < -0.4 is 0 Å². The highest BCUT2D eigenvalue weighted by molar-refractivity contribution is 5.57. The van der Waals surface area contributed by atoms with Crippen molar-refractivity contribution in [2.45, 2.75) is 46.0 Å². The molecular formula is C16H20O. The highest BCUT2D eigenvalue weighted by atomic mass is 16.1. The van der Waals surface area contributed by atoms with E-state index < -0.39 is 0 Å². The number of carbonyl (C=O) groups excluding carboxylic acids is 1. The molecule has 90 valence electrons. The highest BCUT2D eigenvalue weighted by Gasteiger charge is 2.11. The summed E-state index contributed by atoms with van der Waals surface area (Å²) in [4.78, 5) is 10.3. The van der Waals surface area contributed by atoms with E-state index in [1.165, 1.54) is 11.1 Å². The maximum Gasteiger partial charge on any atom is 0.131 e. The Bertz CT molecular complexity index is 418. The molecule has 0 fully saturated rings. The van der Waals surface area contributed by atoms with Gasteiger partial charge >= 0.3 is 0 Å². The SMILES string of the molecule is CC(C)c1cccc(C(C)C)c1C#CCC=O. The monoisotopic (exact) mass is 228 g/mol. The van der Waals surface area contributed by atoms with Crippen LogP contribution in [0.1, 0.15) is 62.6 Å². The summed E-state index contributed by atoms with van der Waals surface area (Å²) < 4.78 is 0. The van der Waals surface area contributed by atoms with E-state index >= 15 is 0 Å². The first kappa shape index (κ1) is 13.5. The Kier molecular flexibility index (Phi) is 4.97. The normalized spacial score (nSPS) is 10.2. The first-order valence-corrected chi connectivity index (χ1v) is 6.13. The zero-order valence-corrected chi connectivity index (χ0v) is 11.1. The van der Waals surface area contributed by atoms with Crippen LogP contribution in [0, 0.1) is 11.8 Å². The number of hydrogen-bond donors (Lipinski definition) is 0. The second-order valence-electron chi connectivity index (χ2n) is 4.79. The summed E-state index contributed by atoms with van der Waals surface area (Å²) in [5.41, 5.74) is 3.66. The minimum Gasteiger partial charge on any atom is -0.302 e. The molecule has 0 aliphatic heterocycles. The number of aldehydes is 1.